The van der Waals surface area contributed by atoms with Crippen molar-refractivity contribution < 1.29 is 14.3 Å². The van der Waals surface area contributed by atoms with Gasteiger partial charge in [-0.25, -0.2) is 4.98 Å². The molecule has 8 heteroatoms. The Morgan fingerprint density at radius 2 is 2.13 bits per heavy atom. The number of fused-ring (bicyclic) bond motifs is 3. The number of thiophene rings is 1. The van der Waals surface area contributed by atoms with Crippen LogP contribution >= 0.6 is 23.1 Å². The third-order valence-corrected chi connectivity index (χ3v) is 7.39. The summed E-state index contributed by atoms with van der Waals surface area (Å²) in [4.78, 5) is 32.2. The minimum atomic E-state index is -0.313. The number of ether oxygens (including phenoxy) is 2. The van der Waals surface area contributed by atoms with Gasteiger partial charge in [-0.3, -0.25) is 14.2 Å². The third-order valence-electron chi connectivity index (χ3n) is 5.34. The predicted octanol–water partition coefficient (Wildman–Crippen LogP) is 4.26. The zero-order valence-corrected chi connectivity index (χ0v) is 19.6. The van der Waals surface area contributed by atoms with Gasteiger partial charge in [0.1, 0.15) is 4.83 Å². The van der Waals surface area contributed by atoms with E-state index in [0.29, 0.717) is 36.2 Å². The summed E-state index contributed by atoms with van der Waals surface area (Å²) in [5.74, 6) is 0.179. The van der Waals surface area contributed by atoms with E-state index >= 15 is 0 Å². The predicted molar refractivity (Wildman–Crippen MR) is 124 cm³/mol. The molecule has 1 atom stereocenters. The lowest BCUT2D eigenvalue weighted by Gasteiger charge is -2.26. The van der Waals surface area contributed by atoms with Crippen molar-refractivity contribution in [2.24, 2.45) is 5.92 Å². The Kier molecular flexibility index (Phi) is 6.79. The summed E-state index contributed by atoms with van der Waals surface area (Å²) >= 11 is 2.77. The summed E-state index contributed by atoms with van der Waals surface area (Å²) in [6, 6.07) is 9.83. The second-order valence-electron chi connectivity index (χ2n) is 7.85. The number of aromatic nitrogens is 2. The molecule has 0 unspecified atom stereocenters. The molecule has 0 saturated carbocycles. The minimum absolute atomic E-state index is 0.0536. The normalized spacial score (nSPS) is 15.9. The molecule has 6 nitrogen and oxygen atoms in total. The van der Waals surface area contributed by atoms with Crippen LogP contribution in [-0.4, -0.2) is 34.0 Å². The second-order valence-corrected chi connectivity index (χ2v) is 9.87. The number of benzene rings is 1. The molecule has 0 radical (unpaired) electrons. The lowest BCUT2D eigenvalue weighted by atomic mass is 9.96. The van der Waals surface area contributed by atoms with Crippen LogP contribution in [0.25, 0.3) is 10.2 Å². The number of hydrogen-bond donors (Lipinski definition) is 0. The maximum absolute atomic E-state index is 13.7. The maximum atomic E-state index is 13.7. The summed E-state index contributed by atoms with van der Waals surface area (Å²) in [5.41, 5.74) is 2.03. The molecule has 31 heavy (non-hydrogen) atoms. The number of esters is 1. The van der Waals surface area contributed by atoms with Crippen LogP contribution in [0.5, 0.6) is 0 Å². The molecule has 0 amide bonds. The second kappa shape index (κ2) is 9.54. The average Bonchev–Trinajstić information content (AvgIpc) is 3.13. The van der Waals surface area contributed by atoms with Crippen LogP contribution in [0.2, 0.25) is 0 Å². The summed E-state index contributed by atoms with van der Waals surface area (Å²) in [6.07, 6.45) is 0.829. The topological polar surface area (TPSA) is 70.4 Å². The molecule has 1 aromatic carbocycles. The molecule has 2 aromatic heterocycles. The first-order chi connectivity index (χ1) is 15.0. The summed E-state index contributed by atoms with van der Waals surface area (Å²) in [6.45, 7) is 7.31. The molecule has 0 N–H and O–H groups in total. The quantitative estimate of drug-likeness (QED) is 0.299. The largest absolute Gasteiger partial charge is 0.465 e. The SMILES string of the molecule is CCOC(=O)CSc1nc2sc3c(c2c(=O)n1Cc1ccccc1)C[C@@H](C(C)C)OC3. The van der Waals surface area contributed by atoms with Crippen molar-refractivity contribution >= 4 is 39.3 Å². The highest BCUT2D eigenvalue weighted by atomic mass is 32.2. The van der Waals surface area contributed by atoms with Gasteiger partial charge in [-0.1, -0.05) is 55.9 Å². The van der Waals surface area contributed by atoms with Crippen LogP contribution in [0.15, 0.2) is 40.3 Å². The Morgan fingerprint density at radius 3 is 2.84 bits per heavy atom. The van der Waals surface area contributed by atoms with Gasteiger partial charge in [0.2, 0.25) is 0 Å². The number of rotatable bonds is 7. The maximum Gasteiger partial charge on any atom is 0.316 e. The van der Waals surface area contributed by atoms with Gasteiger partial charge in [0.05, 0.1) is 37.0 Å². The molecule has 4 rings (SSSR count). The molecular formula is C23H26N2O4S2. The third kappa shape index (κ3) is 4.71. The first kappa shape index (κ1) is 22.0. The Labute approximate surface area is 189 Å². The molecular weight excluding hydrogens is 432 g/mol. The molecule has 1 aliphatic rings. The summed E-state index contributed by atoms with van der Waals surface area (Å²) in [7, 11) is 0. The van der Waals surface area contributed by atoms with Crippen molar-refractivity contribution in [3.05, 3.63) is 56.7 Å². The molecule has 3 heterocycles. The molecule has 0 spiro atoms. The van der Waals surface area contributed by atoms with Gasteiger partial charge in [0.15, 0.2) is 5.16 Å². The molecule has 1 aliphatic heterocycles. The van der Waals surface area contributed by atoms with E-state index in [4.69, 9.17) is 14.5 Å². The van der Waals surface area contributed by atoms with Gasteiger partial charge in [-0.2, -0.15) is 0 Å². The smallest absolute Gasteiger partial charge is 0.316 e. The van der Waals surface area contributed by atoms with E-state index in [1.165, 1.54) is 23.1 Å². The molecule has 3 aromatic rings. The molecule has 0 bridgehead atoms. The average molecular weight is 459 g/mol. The Morgan fingerprint density at radius 1 is 1.35 bits per heavy atom. The fourth-order valence-electron chi connectivity index (χ4n) is 3.71. The minimum Gasteiger partial charge on any atom is -0.465 e. The monoisotopic (exact) mass is 458 g/mol. The van der Waals surface area contributed by atoms with E-state index in [-0.39, 0.29) is 23.4 Å². The first-order valence-corrected chi connectivity index (χ1v) is 12.3. The van der Waals surface area contributed by atoms with Gasteiger partial charge in [-0.15, -0.1) is 11.3 Å². The van der Waals surface area contributed by atoms with Gasteiger partial charge < -0.3 is 9.47 Å². The number of hydrogen-bond acceptors (Lipinski definition) is 7. The van der Waals surface area contributed by atoms with Crippen molar-refractivity contribution in [1.82, 2.24) is 9.55 Å². The standard InChI is InChI=1S/C23H26N2O4S2/c1-4-28-19(26)13-30-23-24-21-20(16-10-17(14(2)3)29-12-18(16)31-21)22(27)25(23)11-15-8-6-5-7-9-15/h5-9,14,17H,4,10-13H2,1-3H3/t17-/m0/s1. The van der Waals surface area contributed by atoms with E-state index < -0.39 is 0 Å². The fraction of sp³-hybridized carbons (Fsp3) is 0.435. The van der Waals surface area contributed by atoms with Crippen LogP contribution in [0.3, 0.4) is 0 Å². The van der Waals surface area contributed by atoms with Crippen molar-refractivity contribution in [1.29, 1.82) is 0 Å². The van der Waals surface area contributed by atoms with Gasteiger partial charge in [-0.05, 0) is 24.0 Å². The van der Waals surface area contributed by atoms with E-state index in [1.807, 2.05) is 30.3 Å². The van der Waals surface area contributed by atoms with Crippen molar-refractivity contribution in [3.63, 3.8) is 0 Å². The van der Waals surface area contributed by atoms with Crippen molar-refractivity contribution in [2.45, 2.75) is 51.6 Å². The van der Waals surface area contributed by atoms with E-state index in [1.54, 1.807) is 11.5 Å². The highest BCUT2D eigenvalue weighted by Gasteiger charge is 2.28. The highest BCUT2D eigenvalue weighted by Crippen LogP contribution is 2.36. The molecule has 0 fully saturated rings. The number of nitrogens with zero attached hydrogens (tertiary/aromatic N) is 2. The van der Waals surface area contributed by atoms with Gasteiger partial charge >= 0.3 is 5.97 Å². The Hall–Kier alpha value is -2.16. The number of carbonyl (C=O) groups excluding carboxylic acids is 1. The lowest BCUT2D eigenvalue weighted by molar-refractivity contribution is -0.139. The van der Waals surface area contributed by atoms with Crippen LogP contribution in [0.4, 0.5) is 0 Å². The molecule has 0 saturated heterocycles. The van der Waals surface area contributed by atoms with Crippen molar-refractivity contribution in [3.8, 4) is 0 Å². The van der Waals surface area contributed by atoms with Crippen LogP contribution in [-0.2, 0) is 33.8 Å². The summed E-state index contributed by atoms with van der Waals surface area (Å²) < 4.78 is 12.7. The number of thioether (sulfide) groups is 1. The Balaban J connectivity index is 1.79. The molecule has 164 valence electrons. The van der Waals surface area contributed by atoms with Crippen LogP contribution in [0, 0.1) is 5.92 Å². The fourth-order valence-corrected chi connectivity index (χ4v) is 5.67. The van der Waals surface area contributed by atoms with E-state index in [0.717, 1.165) is 27.3 Å². The zero-order chi connectivity index (χ0) is 22.0. The first-order valence-electron chi connectivity index (χ1n) is 10.5. The van der Waals surface area contributed by atoms with Crippen LogP contribution < -0.4 is 5.56 Å². The zero-order valence-electron chi connectivity index (χ0n) is 17.9. The summed E-state index contributed by atoms with van der Waals surface area (Å²) in [5, 5.41) is 1.24. The number of carbonyl (C=O) groups is 1. The van der Waals surface area contributed by atoms with E-state index in [2.05, 4.69) is 13.8 Å². The highest BCUT2D eigenvalue weighted by molar-refractivity contribution is 7.99. The van der Waals surface area contributed by atoms with Crippen molar-refractivity contribution in [2.75, 3.05) is 12.4 Å². The van der Waals surface area contributed by atoms with Gasteiger partial charge in [0.25, 0.3) is 5.56 Å². The molecule has 0 aliphatic carbocycles. The van der Waals surface area contributed by atoms with Gasteiger partial charge in [0, 0.05) is 11.3 Å². The lowest BCUT2D eigenvalue weighted by Crippen LogP contribution is -2.29. The van der Waals surface area contributed by atoms with E-state index in [9.17, 15) is 9.59 Å². The van der Waals surface area contributed by atoms with Crippen LogP contribution in [0.1, 0.15) is 36.8 Å². The Bertz CT molecular complexity index is 1140.